The highest BCUT2D eigenvalue weighted by atomic mass is 16.5. The summed E-state index contributed by atoms with van der Waals surface area (Å²) in [4.78, 5) is 38.7. The second-order valence-corrected chi connectivity index (χ2v) is 9.56. The number of fused-ring (bicyclic) bond motifs is 3. The van der Waals surface area contributed by atoms with Gasteiger partial charge in [-0.3, -0.25) is 9.59 Å². The first-order chi connectivity index (χ1) is 16.8. The Kier molecular flexibility index (Phi) is 7.40. The molecule has 186 valence electrons. The lowest BCUT2D eigenvalue weighted by atomic mass is 9.92. The minimum atomic E-state index is -0.981. The molecule has 1 aliphatic heterocycles. The lowest BCUT2D eigenvalue weighted by molar-refractivity contribution is -0.145. The summed E-state index contributed by atoms with van der Waals surface area (Å²) in [6.45, 7) is 4.36. The SMILES string of the molecule is CC(C)C(CNC(=O)OCC1c2ccccc2-c2ccccc21)C(=O)N(C)C1COCC1C(=O)O. The van der Waals surface area contributed by atoms with Gasteiger partial charge in [-0.05, 0) is 28.2 Å². The number of amides is 2. The molecule has 0 bridgehead atoms. The number of carboxylic acids is 1. The number of ether oxygens (including phenoxy) is 2. The Morgan fingerprint density at radius 2 is 1.66 bits per heavy atom. The molecule has 0 spiro atoms. The van der Waals surface area contributed by atoms with E-state index in [0.717, 1.165) is 22.3 Å². The molecule has 2 aromatic rings. The van der Waals surface area contributed by atoms with Gasteiger partial charge in [0.05, 0.1) is 25.2 Å². The second-order valence-electron chi connectivity index (χ2n) is 9.56. The van der Waals surface area contributed by atoms with Crippen LogP contribution in [0.25, 0.3) is 11.1 Å². The number of alkyl carbamates (subject to hydrolysis) is 1. The average molecular weight is 481 g/mol. The fourth-order valence-corrected chi connectivity index (χ4v) is 5.04. The first-order valence-electron chi connectivity index (χ1n) is 12.0. The van der Waals surface area contributed by atoms with E-state index in [4.69, 9.17) is 9.47 Å². The molecule has 8 nitrogen and oxygen atoms in total. The van der Waals surface area contributed by atoms with E-state index >= 15 is 0 Å². The Hall–Kier alpha value is -3.39. The number of hydrogen-bond donors (Lipinski definition) is 2. The Bertz CT molecular complexity index is 1060. The number of nitrogens with zero attached hydrogens (tertiary/aromatic N) is 1. The lowest BCUT2D eigenvalue weighted by Gasteiger charge is -2.31. The molecule has 2 N–H and O–H groups in total. The van der Waals surface area contributed by atoms with Crippen molar-refractivity contribution in [3.8, 4) is 11.1 Å². The van der Waals surface area contributed by atoms with Crippen molar-refractivity contribution in [3.63, 3.8) is 0 Å². The molecule has 8 heteroatoms. The number of likely N-dealkylation sites (N-methyl/N-ethyl adjacent to an activating group) is 1. The smallest absolute Gasteiger partial charge is 0.407 e. The van der Waals surface area contributed by atoms with Crippen molar-refractivity contribution in [3.05, 3.63) is 59.7 Å². The van der Waals surface area contributed by atoms with Gasteiger partial charge in [0, 0.05) is 19.5 Å². The molecular formula is C27H32N2O6. The van der Waals surface area contributed by atoms with E-state index in [9.17, 15) is 19.5 Å². The number of benzene rings is 2. The number of carbonyl (C=O) groups excluding carboxylic acids is 2. The minimum absolute atomic E-state index is 0.0443. The molecule has 2 aromatic carbocycles. The summed E-state index contributed by atoms with van der Waals surface area (Å²) in [5.41, 5.74) is 4.57. The van der Waals surface area contributed by atoms with E-state index in [1.54, 1.807) is 7.05 Å². The van der Waals surface area contributed by atoms with Crippen LogP contribution >= 0.6 is 0 Å². The van der Waals surface area contributed by atoms with E-state index in [1.807, 2.05) is 38.1 Å². The van der Waals surface area contributed by atoms with Crippen LogP contribution in [0, 0.1) is 17.8 Å². The molecule has 0 saturated carbocycles. The molecule has 1 saturated heterocycles. The summed E-state index contributed by atoms with van der Waals surface area (Å²) in [5.74, 6) is -2.59. The summed E-state index contributed by atoms with van der Waals surface area (Å²) in [6, 6.07) is 15.7. The zero-order valence-corrected chi connectivity index (χ0v) is 20.3. The third kappa shape index (κ3) is 5.03. The van der Waals surface area contributed by atoms with Crippen LogP contribution in [-0.2, 0) is 19.1 Å². The van der Waals surface area contributed by atoms with Crippen LogP contribution in [0.2, 0.25) is 0 Å². The zero-order valence-electron chi connectivity index (χ0n) is 20.3. The second kappa shape index (κ2) is 10.5. The molecule has 1 fully saturated rings. The van der Waals surface area contributed by atoms with Crippen LogP contribution in [0.15, 0.2) is 48.5 Å². The number of carboxylic acid groups (broad SMARTS) is 1. The summed E-state index contributed by atoms with van der Waals surface area (Å²) < 4.78 is 10.9. The minimum Gasteiger partial charge on any atom is -0.481 e. The van der Waals surface area contributed by atoms with Gasteiger partial charge in [0.2, 0.25) is 5.91 Å². The summed E-state index contributed by atoms with van der Waals surface area (Å²) >= 11 is 0. The Morgan fingerprint density at radius 1 is 1.06 bits per heavy atom. The number of aliphatic carboxylic acids is 1. The average Bonchev–Trinajstić information content (AvgIpc) is 3.46. The van der Waals surface area contributed by atoms with Crippen molar-refractivity contribution in [2.24, 2.45) is 17.8 Å². The van der Waals surface area contributed by atoms with Crippen LogP contribution in [0.5, 0.6) is 0 Å². The Labute approximate surface area is 205 Å². The van der Waals surface area contributed by atoms with Gasteiger partial charge in [0.1, 0.15) is 12.5 Å². The Morgan fingerprint density at radius 3 is 2.23 bits per heavy atom. The highest BCUT2D eigenvalue weighted by molar-refractivity contribution is 5.82. The molecule has 0 aromatic heterocycles. The number of rotatable bonds is 8. The number of hydrogen-bond acceptors (Lipinski definition) is 5. The van der Waals surface area contributed by atoms with E-state index in [-0.39, 0.29) is 44.1 Å². The molecule has 1 heterocycles. The van der Waals surface area contributed by atoms with Crippen molar-refractivity contribution in [1.29, 1.82) is 0 Å². The third-order valence-corrected chi connectivity index (χ3v) is 7.14. The zero-order chi connectivity index (χ0) is 25.1. The molecule has 35 heavy (non-hydrogen) atoms. The van der Waals surface area contributed by atoms with E-state index in [1.165, 1.54) is 4.90 Å². The van der Waals surface area contributed by atoms with E-state index in [2.05, 4.69) is 29.6 Å². The first-order valence-corrected chi connectivity index (χ1v) is 12.0. The molecular weight excluding hydrogens is 448 g/mol. The largest absolute Gasteiger partial charge is 0.481 e. The van der Waals surface area contributed by atoms with Gasteiger partial charge in [-0.15, -0.1) is 0 Å². The van der Waals surface area contributed by atoms with Crippen molar-refractivity contribution in [2.45, 2.75) is 25.8 Å². The maximum absolute atomic E-state index is 13.2. The van der Waals surface area contributed by atoms with Gasteiger partial charge < -0.3 is 24.8 Å². The van der Waals surface area contributed by atoms with Crippen molar-refractivity contribution in [1.82, 2.24) is 10.2 Å². The monoisotopic (exact) mass is 480 g/mol. The lowest BCUT2D eigenvalue weighted by Crippen LogP contribution is -2.49. The van der Waals surface area contributed by atoms with Crippen LogP contribution in [0.3, 0.4) is 0 Å². The van der Waals surface area contributed by atoms with Crippen molar-refractivity contribution in [2.75, 3.05) is 33.4 Å². The predicted molar refractivity (Wildman–Crippen MR) is 130 cm³/mol. The van der Waals surface area contributed by atoms with Gasteiger partial charge in [-0.1, -0.05) is 62.4 Å². The maximum Gasteiger partial charge on any atom is 0.407 e. The molecule has 3 atom stereocenters. The van der Waals surface area contributed by atoms with Crippen LogP contribution in [0.1, 0.15) is 30.9 Å². The van der Waals surface area contributed by atoms with Gasteiger partial charge in [-0.25, -0.2) is 4.79 Å². The van der Waals surface area contributed by atoms with Crippen LogP contribution < -0.4 is 5.32 Å². The molecule has 4 rings (SSSR count). The van der Waals surface area contributed by atoms with Gasteiger partial charge in [-0.2, -0.15) is 0 Å². The topological polar surface area (TPSA) is 105 Å². The standard InChI is InChI=1S/C27H32N2O6/c1-16(2)21(25(30)29(3)24-15-34-13-23(24)26(31)32)12-28-27(33)35-14-22-19-10-6-4-8-17(19)18-9-5-7-11-20(18)22/h4-11,16,21-24H,12-15H2,1-3H3,(H,28,33)(H,31,32). The summed E-state index contributed by atoms with van der Waals surface area (Å²) in [7, 11) is 1.60. The van der Waals surface area contributed by atoms with Gasteiger partial charge in [0.15, 0.2) is 0 Å². The fraction of sp³-hybridized carbons (Fsp3) is 0.444. The highest BCUT2D eigenvalue weighted by Gasteiger charge is 2.40. The third-order valence-electron chi connectivity index (χ3n) is 7.14. The fourth-order valence-electron chi connectivity index (χ4n) is 5.04. The number of carbonyl (C=O) groups is 3. The van der Waals surface area contributed by atoms with E-state index < -0.39 is 29.9 Å². The molecule has 1 aliphatic carbocycles. The molecule has 3 unspecified atom stereocenters. The Balaban J connectivity index is 1.36. The van der Waals surface area contributed by atoms with Crippen molar-refractivity contribution >= 4 is 18.0 Å². The molecule has 0 radical (unpaired) electrons. The summed E-state index contributed by atoms with van der Waals surface area (Å²) in [5, 5.41) is 12.2. The van der Waals surface area contributed by atoms with E-state index in [0.29, 0.717) is 0 Å². The van der Waals surface area contributed by atoms with Crippen LogP contribution in [-0.4, -0.2) is 67.4 Å². The maximum atomic E-state index is 13.2. The normalized spacial score (nSPS) is 19.7. The molecule has 2 amide bonds. The van der Waals surface area contributed by atoms with Gasteiger partial charge in [0.25, 0.3) is 0 Å². The predicted octanol–water partition coefficient (Wildman–Crippen LogP) is 3.36. The first kappa shape index (κ1) is 24.7. The van der Waals surface area contributed by atoms with Gasteiger partial charge >= 0.3 is 12.1 Å². The quantitative estimate of drug-likeness (QED) is 0.600. The molecule has 2 aliphatic rings. The number of nitrogens with one attached hydrogen (secondary N) is 1. The van der Waals surface area contributed by atoms with Crippen molar-refractivity contribution < 1.29 is 29.0 Å². The van der Waals surface area contributed by atoms with Crippen LogP contribution in [0.4, 0.5) is 4.79 Å². The summed E-state index contributed by atoms with van der Waals surface area (Å²) in [6.07, 6.45) is -0.583. The highest BCUT2D eigenvalue weighted by Crippen LogP contribution is 2.44.